The van der Waals surface area contributed by atoms with E-state index in [2.05, 4.69) is 69.6 Å². The van der Waals surface area contributed by atoms with Gasteiger partial charge in [0.15, 0.2) is 0 Å². The Labute approximate surface area is 131 Å². The topological polar surface area (TPSA) is 24.9 Å². The third-order valence-electron chi connectivity index (χ3n) is 3.15. The van der Waals surface area contributed by atoms with Gasteiger partial charge >= 0.3 is 0 Å². The molecule has 0 saturated heterocycles. The summed E-state index contributed by atoms with van der Waals surface area (Å²) in [5.41, 5.74) is 2.27. The second-order valence-corrected chi connectivity index (χ2v) is 6.66. The highest BCUT2D eigenvalue weighted by atomic mass is 79.9. The Hall–Kier alpha value is -1.23. The molecule has 0 aliphatic carbocycles. The average Bonchev–Trinajstić information content (AvgIpc) is 2.92. The van der Waals surface area contributed by atoms with E-state index >= 15 is 0 Å². The summed E-state index contributed by atoms with van der Waals surface area (Å²) in [6.07, 6.45) is 1.86. The van der Waals surface area contributed by atoms with E-state index in [1.54, 1.807) is 0 Å². The predicted molar refractivity (Wildman–Crippen MR) is 90.1 cm³/mol. The number of halogens is 1. The molecule has 20 heavy (non-hydrogen) atoms. The molecule has 0 aliphatic rings. The van der Waals surface area contributed by atoms with Gasteiger partial charge in [0.05, 0.1) is 5.52 Å². The molecule has 0 radical (unpaired) electrons. The van der Waals surface area contributed by atoms with Crippen LogP contribution in [0.2, 0.25) is 0 Å². The minimum absolute atomic E-state index is 0.935. The molecule has 0 aliphatic heterocycles. The van der Waals surface area contributed by atoms with Crippen molar-refractivity contribution in [3.8, 4) is 10.4 Å². The maximum Gasteiger partial charge on any atom is 0.0789 e. The van der Waals surface area contributed by atoms with E-state index in [0.29, 0.717) is 0 Å². The van der Waals surface area contributed by atoms with Crippen LogP contribution in [0.25, 0.3) is 21.3 Å². The normalized spacial score (nSPS) is 11.1. The van der Waals surface area contributed by atoms with E-state index in [1.807, 2.05) is 17.5 Å². The van der Waals surface area contributed by atoms with Crippen LogP contribution in [0.3, 0.4) is 0 Å². The lowest BCUT2D eigenvalue weighted by Crippen LogP contribution is -2.10. The first-order valence-corrected chi connectivity index (χ1v) is 8.23. The summed E-state index contributed by atoms with van der Waals surface area (Å²) in [5.74, 6) is 0. The number of para-hydroxylation sites is 1. The number of fused-ring (bicyclic) bond motifs is 1. The fourth-order valence-electron chi connectivity index (χ4n) is 2.20. The second-order valence-electron chi connectivity index (χ2n) is 4.58. The SMILES string of the molecule is CCNCc1ccc(-c2cccc3cc(Br)cnc23)s1. The van der Waals surface area contributed by atoms with Crippen LogP contribution in [-0.2, 0) is 6.54 Å². The lowest BCUT2D eigenvalue weighted by molar-refractivity contribution is 0.735. The standard InChI is InChI=1S/C16H15BrN2S/c1-2-18-10-13-6-7-15(20-13)14-5-3-4-11-8-12(17)9-19-16(11)14/h3-9,18H,2,10H2,1H3. The van der Waals surface area contributed by atoms with E-state index in [1.165, 1.54) is 20.7 Å². The Balaban J connectivity index is 2.03. The van der Waals surface area contributed by atoms with Crippen molar-refractivity contribution in [3.63, 3.8) is 0 Å². The number of aromatic nitrogens is 1. The summed E-state index contributed by atoms with van der Waals surface area (Å²) in [5, 5.41) is 4.53. The molecule has 0 amide bonds. The van der Waals surface area contributed by atoms with Crippen LogP contribution < -0.4 is 5.32 Å². The van der Waals surface area contributed by atoms with Gasteiger partial charge in [-0.15, -0.1) is 11.3 Å². The van der Waals surface area contributed by atoms with Crippen molar-refractivity contribution in [1.82, 2.24) is 10.3 Å². The fourth-order valence-corrected chi connectivity index (χ4v) is 3.55. The van der Waals surface area contributed by atoms with E-state index in [0.717, 1.165) is 23.1 Å². The number of nitrogens with zero attached hydrogens (tertiary/aromatic N) is 1. The summed E-state index contributed by atoms with van der Waals surface area (Å²) < 4.78 is 1.01. The van der Waals surface area contributed by atoms with Crippen molar-refractivity contribution in [1.29, 1.82) is 0 Å². The predicted octanol–water partition coefficient (Wildman–Crippen LogP) is 4.84. The van der Waals surface area contributed by atoms with Crippen LogP contribution in [0.15, 0.2) is 47.1 Å². The van der Waals surface area contributed by atoms with Crippen molar-refractivity contribution in [2.45, 2.75) is 13.5 Å². The summed E-state index contributed by atoms with van der Waals surface area (Å²) in [6.45, 7) is 4.06. The number of benzene rings is 1. The van der Waals surface area contributed by atoms with E-state index < -0.39 is 0 Å². The largest absolute Gasteiger partial charge is 0.312 e. The van der Waals surface area contributed by atoms with Crippen molar-refractivity contribution < 1.29 is 0 Å². The molecule has 0 saturated carbocycles. The minimum atomic E-state index is 0.935. The van der Waals surface area contributed by atoms with E-state index in [9.17, 15) is 0 Å². The van der Waals surface area contributed by atoms with Gasteiger partial charge in [-0.2, -0.15) is 0 Å². The third-order valence-corrected chi connectivity index (χ3v) is 4.71. The quantitative estimate of drug-likeness (QED) is 0.731. The number of rotatable bonds is 4. The van der Waals surface area contributed by atoms with E-state index in [4.69, 9.17) is 0 Å². The number of nitrogens with one attached hydrogen (secondary N) is 1. The molecule has 1 N–H and O–H groups in total. The van der Waals surface area contributed by atoms with Crippen LogP contribution in [0.1, 0.15) is 11.8 Å². The van der Waals surface area contributed by atoms with Gasteiger partial charge in [-0.1, -0.05) is 25.1 Å². The molecule has 2 nitrogen and oxygen atoms in total. The van der Waals surface area contributed by atoms with Crippen LogP contribution in [0, 0.1) is 0 Å². The molecule has 0 spiro atoms. The van der Waals surface area contributed by atoms with Gasteiger partial charge in [0, 0.05) is 37.9 Å². The van der Waals surface area contributed by atoms with Gasteiger partial charge in [0.2, 0.25) is 0 Å². The summed E-state index contributed by atoms with van der Waals surface area (Å²) in [7, 11) is 0. The first kappa shape index (κ1) is 13.7. The molecule has 3 aromatic rings. The molecular weight excluding hydrogens is 332 g/mol. The van der Waals surface area contributed by atoms with Crippen molar-refractivity contribution >= 4 is 38.2 Å². The zero-order chi connectivity index (χ0) is 13.9. The smallest absolute Gasteiger partial charge is 0.0789 e. The third kappa shape index (κ3) is 2.77. The van der Waals surface area contributed by atoms with Gasteiger partial charge in [0.25, 0.3) is 0 Å². The van der Waals surface area contributed by atoms with Crippen molar-refractivity contribution in [2.75, 3.05) is 6.54 Å². The zero-order valence-corrected chi connectivity index (χ0v) is 13.6. The molecule has 0 atom stereocenters. The lowest BCUT2D eigenvalue weighted by atomic mass is 10.1. The van der Waals surface area contributed by atoms with Gasteiger partial charge in [-0.3, -0.25) is 4.98 Å². The first-order chi connectivity index (χ1) is 9.78. The molecular formula is C16H15BrN2S. The average molecular weight is 347 g/mol. The summed E-state index contributed by atoms with van der Waals surface area (Å²) in [4.78, 5) is 7.21. The highest BCUT2D eigenvalue weighted by Crippen LogP contribution is 2.33. The number of hydrogen-bond donors (Lipinski definition) is 1. The van der Waals surface area contributed by atoms with Gasteiger partial charge in [-0.25, -0.2) is 0 Å². The Morgan fingerprint density at radius 1 is 1.25 bits per heavy atom. The van der Waals surface area contributed by atoms with Crippen LogP contribution in [0.4, 0.5) is 0 Å². The maximum absolute atomic E-state index is 4.57. The van der Waals surface area contributed by atoms with Crippen LogP contribution in [0.5, 0.6) is 0 Å². The second kappa shape index (κ2) is 6.04. The molecule has 102 valence electrons. The molecule has 1 aromatic carbocycles. The highest BCUT2D eigenvalue weighted by Gasteiger charge is 2.08. The van der Waals surface area contributed by atoms with Gasteiger partial charge < -0.3 is 5.32 Å². The molecule has 4 heteroatoms. The zero-order valence-electron chi connectivity index (χ0n) is 11.2. The Morgan fingerprint density at radius 2 is 2.15 bits per heavy atom. The Bertz CT molecular complexity index is 736. The highest BCUT2D eigenvalue weighted by molar-refractivity contribution is 9.10. The Kier molecular flexibility index (Phi) is 4.15. The monoisotopic (exact) mass is 346 g/mol. The summed E-state index contributed by atoms with van der Waals surface area (Å²) >= 11 is 5.31. The van der Waals surface area contributed by atoms with Crippen molar-refractivity contribution in [3.05, 3.63) is 51.9 Å². The minimum Gasteiger partial charge on any atom is -0.312 e. The van der Waals surface area contributed by atoms with Crippen molar-refractivity contribution in [2.24, 2.45) is 0 Å². The molecule has 2 aromatic heterocycles. The molecule has 0 unspecified atom stereocenters. The number of thiophene rings is 1. The van der Waals surface area contributed by atoms with Gasteiger partial charge in [0.1, 0.15) is 0 Å². The lowest BCUT2D eigenvalue weighted by Gasteiger charge is -2.04. The van der Waals surface area contributed by atoms with Crippen LogP contribution >= 0.6 is 27.3 Å². The number of pyridine rings is 1. The first-order valence-electron chi connectivity index (χ1n) is 6.62. The number of hydrogen-bond acceptors (Lipinski definition) is 3. The summed E-state index contributed by atoms with van der Waals surface area (Å²) in [6, 6.07) is 12.8. The van der Waals surface area contributed by atoms with Gasteiger partial charge in [-0.05, 0) is 40.7 Å². The Morgan fingerprint density at radius 3 is 3.00 bits per heavy atom. The molecule has 0 fully saturated rings. The fraction of sp³-hybridized carbons (Fsp3) is 0.188. The maximum atomic E-state index is 4.57. The molecule has 0 bridgehead atoms. The molecule has 3 rings (SSSR count). The van der Waals surface area contributed by atoms with E-state index in [-0.39, 0.29) is 0 Å². The van der Waals surface area contributed by atoms with Crippen LogP contribution in [-0.4, -0.2) is 11.5 Å². The molecule has 2 heterocycles.